The van der Waals surface area contributed by atoms with E-state index in [9.17, 15) is 4.79 Å². The summed E-state index contributed by atoms with van der Waals surface area (Å²) in [7, 11) is 0. The monoisotopic (exact) mass is 320 g/mol. The number of rotatable bonds is 13. The maximum atomic E-state index is 11.9. The Morgan fingerprint density at radius 2 is 1.52 bits per heavy atom. The zero-order valence-corrected chi connectivity index (χ0v) is 14.8. The molecule has 0 saturated carbocycles. The molecule has 0 heterocycles. The van der Waals surface area contributed by atoms with Crippen molar-refractivity contribution in [3.63, 3.8) is 0 Å². The Balaban J connectivity index is 2.03. The fraction of sp³-hybridized carbons (Fsp3) is 0.650. The Kier molecular flexibility index (Phi) is 11.2. The number of carbonyl (C=O) groups excluding carboxylic acids is 1. The van der Waals surface area contributed by atoms with Crippen molar-refractivity contribution >= 4 is 5.97 Å². The second kappa shape index (κ2) is 13.1. The minimum Gasteiger partial charge on any atom is -0.460 e. The standard InChI is InChI=1S/C20H32O3/c1-3-5-6-7-8-9-15-22-16-17-23-20(21)19-13-11-18(10-4-2)12-14-19/h11-14H,3-10,15-17H2,1-2H3. The highest BCUT2D eigenvalue weighted by atomic mass is 16.6. The van der Waals surface area contributed by atoms with Crippen molar-refractivity contribution in [2.45, 2.75) is 65.2 Å². The summed E-state index contributed by atoms with van der Waals surface area (Å²) < 4.78 is 10.7. The Morgan fingerprint density at radius 3 is 2.22 bits per heavy atom. The lowest BCUT2D eigenvalue weighted by Gasteiger charge is -2.07. The molecule has 1 aromatic rings. The minimum atomic E-state index is -0.267. The van der Waals surface area contributed by atoms with Crippen LogP contribution in [0.5, 0.6) is 0 Å². The van der Waals surface area contributed by atoms with E-state index in [2.05, 4.69) is 13.8 Å². The van der Waals surface area contributed by atoms with E-state index in [1.165, 1.54) is 37.7 Å². The number of hydrogen-bond donors (Lipinski definition) is 0. The van der Waals surface area contributed by atoms with Gasteiger partial charge in [-0.1, -0.05) is 64.5 Å². The summed E-state index contributed by atoms with van der Waals surface area (Å²) in [5, 5.41) is 0. The molecule has 0 spiro atoms. The SMILES string of the molecule is CCCCCCCCOCCOC(=O)c1ccc(CCC)cc1. The zero-order chi connectivity index (χ0) is 16.8. The summed E-state index contributed by atoms with van der Waals surface area (Å²) in [4.78, 5) is 11.9. The van der Waals surface area contributed by atoms with Crippen molar-refractivity contribution in [3.05, 3.63) is 35.4 Å². The van der Waals surface area contributed by atoms with Crippen LogP contribution in [0.2, 0.25) is 0 Å². The van der Waals surface area contributed by atoms with E-state index in [0.717, 1.165) is 25.9 Å². The molecule has 0 aliphatic heterocycles. The average molecular weight is 320 g/mol. The molecule has 0 N–H and O–H groups in total. The van der Waals surface area contributed by atoms with Crippen LogP contribution in [-0.4, -0.2) is 25.8 Å². The third-order valence-electron chi connectivity index (χ3n) is 3.83. The molecular formula is C20H32O3. The summed E-state index contributed by atoms with van der Waals surface area (Å²) in [6, 6.07) is 7.67. The van der Waals surface area contributed by atoms with Gasteiger partial charge in [-0.15, -0.1) is 0 Å². The molecular weight excluding hydrogens is 288 g/mol. The normalized spacial score (nSPS) is 10.7. The smallest absolute Gasteiger partial charge is 0.338 e. The summed E-state index contributed by atoms with van der Waals surface area (Å²) in [6.45, 7) is 5.94. The fourth-order valence-corrected chi connectivity index (χ4v) is 2.46. The lowest BCUT2D eigenvalue weighted by molar-refractivity contribution is 0.0312. The molecule has 0 unspecified atom stereocenters. The quantitative estimate of drug-likeness (QED) is 0.371. The number of hydrogen-bond acceptors (Lipinski definition) is 3. The summed E-state index contributed by atoms with van der Waals surface area (Å²) in [5.41, 5.74) is 1.87. The van der Waals surface area contributed by atoms with E-state index in [1.807, 2.05) is 24.3 Å². The molecule has 0 radical (unpaired) electrons. The van der Waals surface area contributed by atoms with E-state index < -0.39 is 0 Å². The fourth-order valence-electron chi connectivity index (χ4n) is 2.46. The lowest BCUT2D eigenvalue weighted by atomic mass is 10.1. The van der Waals surface area contributed by atoms with Crippen LogP contribution in [0, 0.1) is 0 Å². The number of carbonyl (C=O) groups is 1. The van der Waals surface area contributed by atoms with Gasteiger partial charge >= 0.3 is 5.97 Å². The molecule has 0 atom stereocenters. The second-order valence-corrected chi connectivity index (χ2v) is 5.96. The van der Waals surface area contributed by atoms with Crippen LogP contribution in [0.3, 0.4) is 0 Å². The molecule has 0 aliphatic rings. The van der Waals surface area contributed by atoms with Gasteiger partial charge in [-0.2, -0.15) is 0 Å². The van der Waals surface area contributed by atoms with Gasteiger partial charge in [0, 0.05) is 6.61 Å². The Bertz CT molecular complexity index is 411. The van der Waals surface area contributed by atoms with Crippen molar-refractivity contribution in [1.29, 1.82) is 0 Å². The molecule has 0 fully saturated rings. The number of benzene rings is 1. The van der Waals surface area contributed by atoms with Crippen LogP contribution in [0.4, 0.5) is 0 Å². The molecule has 0 aliphatic carbocycles. The molecule has 3 nitrogen and oxygen atoms in total. The molecule has 0 aromatic heterocycles. The Labute approximate surface area is 141 Å². The predicted octanol–water partition coefficient (Wildman–Crippen LogP) is 5.17. The number of esters is 1. The van der Waals surface area contributed by atoms with E-state index >= 15 is 0 Å². The first kappa shape index (κ1) is 19.7. The molecule has 23 heavy (non-hydrogen) atoms. The van der Waals surface area contributed by atoms with Gasteiger partial charge in [-0.3, -0.25) is 0 Å². The van der Waals surface area contributed by atoms with Crippen LogP contribution >= 0.6 is 0 Å². The highest BCUT2D eigenvalue weighted by molar-refractivity contribution is 5.89. The second-order valence-electron chi connectivity index (χ2n) is 5.96. The van der Waals surface area contributed by atoms with Gasteiger partial charge in [0.15, 0.2) is 0 Å². The van der Waals surface area contributed by atoms with Gasteiger partial charge in [0.2, 0.25) is 0 Å². The first-order valence-electron chi connectivity index (χ1n) is 9.11. The van der Waals surface area contributed by atoms with Crippen LogP contribution in [0.25, 0.3) is 0 Å². The minimum absolute atomic E-state index is 0.267. The highest BCUT2D eigenvalue weighted by Gasteiger charge is 2.06. The first-order valence-corrected chi connectivity index (χ1v) is 9.11. The first-order chi connectivity index (χ1) is 11.3. The van der Waals surface area contributed by atoms with E-state index in [0.29, 0.717) is 18.8 Å². The highest BCUT2D eigenvalue weighted by Crippen LogP contribution is 2.08. The van der Waals surface area contributed by atoms with Gasteiger partial charge in [-0.05, 0) is 30.5 Å². The molecule has 3 heteroatoms. The Hall–Kier alpha value is -1.35. The van der Waals surface area contributed by atoms with Crippen LogP contribution in [0.1, 0.15) is 74.7 Å². The molecule has 1 rings (SSSR count). The number of ether oxygens (including phenoxy) is 2. The summed E-state index contributed by atoms with van der Waals surface area (Å²) in [6.07, 6.45) is 9.70. The van der Waals surface area contributed by atoms with Gasteiger partial charge in [0.25, 0.3) is 0 Å². The maximum absolute atomic E-state index is 11.9. The number of unbranched alkanes of at least 4 members (excludes halogenated alkanes) is 5. The molecule has 130 valence electrons. The van der Waals surface area contributed by atoms with Crippen molar-refractivity contribution < 1.29 is 14.3 Å². The molecule has 0 saturated heterocycles. The third-order valence-corrected chi connectivity index (χ3v) is 3.83. The van der Waals surface area contributed by atoms with Gasteiger partial charge in [-0.25, -0.2) is 4.79 Å². The van der Waals surface area contributed by atoms with Crippen molar-refractivity contribution in [2.75, 3.05) is 19.8 Å². The largest absolute Gasteiger partial charge is 0.460 e. The third kappa shape index (κ3) is 9.39. The van der Waals surface area contributed by atoms with E-state index in [1.54, 1.807) is 0 Å². The molecule has 1 aromatic carbocycles. The van der Waals surface area contributed by atoms with E-state index in [4.69, 9.17) is 9.47 Å². The van der Waals surface area contributed by atoms with Gasteiger partial charge in [0.05, 0.1) is 12.2 Å². The predicted molar refractivity (Wildman–Crippen MR) is 94.9 cm³/mol. The summed E-state index contributed by atoms with van der Waals surface area (Å²) in [5.74, 6) is -0.267. The average Bonchev–Trinajstić information content (AvgIpc) is 2.57. The van der Waals surface area contributed by atoms with Crippen molar-refractivity contribution in [1.82, 2.24) is 0 Å². The van der Waals surface area contributed by atoms with Crippen LogP contribution in [-0.2, 0) is 15.9 Å². The molecule has 0 bridgehead atoms. The van der Waals surface area contributed by atoms with Crippen LogP contribution < -0.4 is 0 Å². The van der Waals surface area contributed by atoms with Crippen molar-refractivity contribution in [3.8, 4) is 0 Å². The van der Waals surface area contributed by atoms with Crippen molar-refractivity contribution in [2.24, 2.45) is 0 Å². The maximum Gasteiger partial charge on any atom is 0.338 e. The summed E-state index contributed by atoms with van der Waals surface area (Å²) >= 11 is 0. The Morgan fingerprint density at radius 1 is 0.826 bits per heavy atom. The molecule has 0 amide bonds. The van der Waals surface area contributed by atoms with Gasteiger partial charge < -0.3 is 9.47 Å². The van der Waals surface area contributed by atoms with E-state index in [-0.39, 0.29) is 5.97 Å². The van der Waals surface area contributed by atoms with Crippen LogP contribution in [0.15, 0.2) is 24.3 Å². The topological polar surface area (TPSA) is 35.5 Å². The lowest BCUT2D eigenvalue weighted by Crippen LogP contribution is -2.11. The zero-order valence-electron chi connectivity index (χ0n) is 14.8. The number of aryl methyl sites for hydroxylation is 1. The van der Waals surface area contributed by atoms with Gasteiger partial charge in [0.1, 0.15) is 6.61 Å².